The van der Waals surface area contributed by atoms with Crippen molar-refractivity contribution in [3.63, 3.8) is 0 Å². The first-order chi connectivity index (χ1) is 13.6. The van der Waals surface area contributed by atoms with Crippen molar-refractivity contribution >= 4 is 17.7 Å². The number of thioether (sulfide) groups is 1. The van der Waals surface area contributed by atoms with E-state index in [1.165, 1.54) is 11.8 Å². The Morgan fingerprint density at radius 1 is 1.29 bits per heavy atom. The van der Waals surface area contributed by atoms with Crippen molar-refractivity contribution in [1.29, 1.82) is 0 Å². The van der Waals surface area contributed by atoms with Crippen molar-refractivity contribution in [3.8, 4) is 11.5 Å². The van der Waals surface area contributed by atoms with E-state index in [0.29, 0.717) is 24.4 Å². The third kappa shape index (κ3) is 4.40. The number of carbonyl (C=O) groups is 1. The molecule has 0 saturated heterocycles. The average molecular weight is 404 g/mol. The Balaban J connectivity index is 1.41. The van der Waals surface area contributed by atoms with E-state index in [9.17, 15) is 4.79 Å². The quantitative estimate of drug-likeness (QED) is 0.711. The number of hydrogen-bond donors (Lipinski definition) is 1. The molecule has 2 aromatic rings. The topological polar surface area (TPSA) is 91.2 Å². The van der Waals surface area contributed by atoms with Gasteiger partial charge in [0.05, 0.1) is 31.1 Å². The molecule has 1 N–H and O–H groups in total. The van der Waals surface area contributed by atoms with Crippen LogP contribution in [0.5, 0.6) is 11.5 Å². The molecule has 1 aromatic heterocycles. The van der Waals surface area contributed by atoms with Crippen LogP contribution in [0.1, 0.15) is 50.8 Å². The van der Waals surface area contributed by atoms with Gasteiger partial charge in [-0.2, -0.15) is 0 Å². The minimum absolute atomic E-state index is 0.0406. The second kappa shape index (κ2) is 8.38. The summed E-state index contributed by atoms with van der Waals surface area (Å²) < 4.78 is 13.3. The minimum Gasteiger partial charge on any atom is -0.490 e. The Kier molecular flexibility index (Phi) is 5.70. The standard InChI is InChI=1S/C19H25N5O3S/c1-12(2)18(13-4-7-15-16(10-13)27-9-3-8-26-15)20-17(25)11-28-19-21-22-23-24(19)14-5-6-14/h4,7,10,12,14,18H,3,5-6,8-9,11H2,1-2H3,(H,20,25)/t18-/m1/s1. The van der Waals surface area contributed by atoms with Crippen molar-refractivity contribution in [2.75, 3.05) is 19.0 Å². The molecule has 8 nitrogen and oxygen atoms in total. The highest BCUT2D eigenvalue weighted by atomic mass is 32.2. The number of aromatic nitrogens is 4. The molecule has 4 rings (SSSR count). The highest BCUT2D eigenvalue weighted by Gasteiger charge is 2.28. The summed E-state index contributed by atoms with van der Waals surface area (Å²) in [6.45, 7) is 5.49. The van der Waals surface area contributed by atoms with Crippen LogP contribution in [0, 0.1) is 5.92 Å². The van der Waals surface area contributed by atoms with Crippen LogP contribution in [0.4, 0.5) is 0 Å². The predicted octanol–water partition coefficient (Wildman–Crippen LogP) is 2.77. The van der Waals surface area contributed by atoms with Crippen LogP contribution in [0.25, 0.3) is 0 Å². The molecule has 1 amide bonds. The molecule has 150 valence electrons. The molecule has 28 heavy (non-hydrogen) atoms. The number of ether oxygens (including phenoxy) is 2. The maximum Gasteiger partial charge on any atom is 0.230 e. The molecule has 0 bridgehead atoms. The van der Waals surface area contributed by atoms with E-state index >= 15 is 0 Å². The van der Waals surface area contributed by atoms with E-state index in [-0.39, 0.29) is 23.6 Å². The van der Waals surface area contributed by atoms with Crippen LogP contribution >= 0.6 is 11.8 Å². The van der Waals surface area contributed by atoms with Gasteiger partial charge in [0.25, 0.3) is 0 Å². The Bertz CT molecular complexity index is 837. The van der Waals surface area contributed by atoms with Gasteiger partial charge in [0, 0.05) is 6.42 Å². The van der Waals surface area contributed by atoms with Gasteiger partial charge in [-0.25, -0.2) is 4.68 Å². The SMILES string of the molecule is CC(C)[C@@H](NC(=O)CSc1nnnn1C1CC1)c1ccc2c(c1)OCCCO2. The van der Waals surface area contributed by atoms with Gasteiger partial charge in [-0.1, -0.05) is 31.7 Å². The molecule has 0 radical (unpaired) electrons. The van der Waals surface area contributed by atoms with Gasteiger partial charge >= 0.3 is 0 Å². The van der Waals surface area contributed by atoms with Crippen molar-refractivity contribution in [1.82, 2.24) is 25.5 Å². The lowest BCUT2D eigenvalue weighted by Crippen LogP contribution is -2.33. The van der Waals surface area contributed by atoms with Crippen molar-refractivity contribution in [2.24, 2.45) is 5.92 Å². The van der Waals surface area contributed by atoms with Crippen LogP contribution in [0.15, 0.2) is 23.4 Å². The minimum atomic E-state index is -0.107. The number of nitrogens with one attached hydrogen (secondary N) is 1. The van der Waals surface area contributed by atoms with Crippen molar-refractivity contribution in [2.45, 2.75) is 50.4 Å². The number of rotatable bonds is 7. The molecule has 2 heterocycles. The van der Waals surface area contributed by atoms with Crippen LogP contribution in [0.3, 0.4) is 0 Å². The summed E-state index contributed by atoms with van der Waals surface area (Å²) in [7, 11) is 0. The van der Waals surface area contributed by atoms with Crippen LogP contribution < -0.4 is 14.8 Å². The Labute approximate surface area is 168 Å². The van der Waals surface area contributed by atoms with Gasteiger partial charge in [0.1, 0.15) is 0 Å². The van der Waals surface area contributed by atoms with Gasteiger partial charge in [0.15, 0.2) is 11.5 Å². The molecule has 1 atom stereocenters. The van der Waals surface area contributed by atoms with E-state index in [1.54, 1.807) is 0 Å². The zero-order valence-corrected chi connectivity index (χ0v) is 16.9. The number of nitrogens with zero attached hydrogens (tertiary/aromatic N) is 4. The fourth-order valence-electron chi connectivity index (χ4n) is 3.18. The highest BCUT2D eigenvalue weighted by molar-refractivity contribution is 7.99. The fraction of sp³-hybridized carbons (Fsp3) is 0.579. The van der Waals surface area contributed by atoms with E-state index in [4.69, 9.17) is 9.47 Å². The maximum absolute atomic E-state index is 12.6. The third-order valence-corrected chi connectivity index (χ3v) is 5.74. The zero-order chi connectivity index (χ0) is 19.5. The molecule has 1 aliphatic heterocycles. The summed E-state index contributed by atoms with van der Waals surface area (Å²) in [5, 5.41) is 15.6. The van der Waals surface area contributed by atoms with E-state index in [1.807, 2.05) is 22.9 Å². The summed E-state index contributed by atoms with van der Waals surface area (Å²) in [5.74, 6) is 1.97. The van der Waals surface area contributed by atoms with Crippen LogP contribution in [0.2, 0.25) is 0 Å². The summed E-state index contributed by atoms with van der Waals surface area (Å²) in [5.41, 5.74) is 1.01. The predicted molar refractivity (Wildman–Crippen MR) is 105 cm³/mol. The summed E-state index contributed by atoms with van der Waals surface area (Å²) in [6.07, 6.45) is 3.07. The van der Waals surface area contributed by atoms with Gasteiger partial charge in [-0.15, -0.1) is 5.10 Å². The second-order valence-corrected chi connectivity index (χ2v) is 8.41. The molecule has 1 fully saturated rings. The molecular weight excluding hydrogens is 378 g/mol. The average Bonchev–Trinajstić information content (AvgIpc) is 3.46. The van der Waals surface area contributed by atoms with Gasteiger partial charge < -0.3 is 14.8 Å². The van der Waals surface area contributed by atoms with Crippen molar-refractivity contribution < 1.29 is 14.3 Å². The molecular formula is C19H25N5O3S. The van der Waals surface area contributed by atoms with E-state index in [2.05, 4.69) is 34.7 Å². The first-order valence-corrected chi connectivity index (χ1v) is 10.7. The number of amides is 1. The highest BCUT2D eigenvalue weighted by Crippen LogP contribution is 2.36. The summed E-state index contributed by atoms with van der Waals surface area (Å²) in [6, 6.07) is 6.19. The number of benzene rings is 1. The van der Waals surface area contributed by atoms with E-state index < -0.39 is 0 Å². The van der Waals surface area contributed by atoms with Crippen LogP contribution in [-0.2, 0) is 4.79 Å². The number of carbonyl (C=O) groups excluding carboxylic acids is 1. The molecule has 9 heteroatoms. The molecule has 0 spiro atoms. The maximum atomic E-state index is 12.6. The molecule has 0 unspecified atom stereocenters. The third-order valence-electron chi connectivity index (χ3n) is 4.80. The fourth-order valence-corrected chi connectivity index (χ4v) is 3.94. The zero-order valence-electron chi connectivity index (χ0n) is 16.1. The lowest BCUT2D eigenvalue weighted by molar-refractivity contribution is -0.119. The van der Waals surface area contributed by atoms with Gasteiger partial charge in [0.2, 0.25) is 11.1 Å². The van der Waals surface area contributed by atoms with Gasteiger partial charge in [-0.3, -0.25) is 4.79 Å². The first kappa shape index (κ1) is 19.0. The van der Waals surface area contributed by atoms with E-state index in [0.717, 1.165) is 36.3 Å². The number of fused-ring (bicyclic) bond motifs is 1. The molecule has 1 aromatic carbocycles. The summed E-state index contributed by atoms with van der Waals surface area (Å²) >= 11 is 1.37. The molecule has 2 aliphatic rings. The second-order valence-electron chi connectivity index (χ2n) is 7.47. The Hall–Kier alpha value is -2.29. The number of hydrogen-bond acceptors (Lipinski definition) is 7. The Morgan fingerprint density at radius 2 is 2.07 bits per heavy atom. The number of tetrazole rings is 1. The largest absolute Gasteiger partial charge is 0.490 e. The smallest absolute Gasteiger partial charge is 0.230 e. The lowest BCUT2D eigenvalue weighted by Gasteiger charge is -2.23. The van der Waals surface area contributed by atoms with Crippen molar-refractivity contribution in [3.05, 3.63) is 23.8 Å². The lowest BCUT2D eigenvalue weighted by atomic mass is 9.95. The monoisotopic (exact) mass is 403 g/mol. The molecule has 1 saturated carbocycles. The normalized spacial score (nSPS) is 17.2. The first-order valence-electron chi connectivity index (χ1n) is 9.71. The Morgan fingerprint density at radius 3 is 2.82 bits per heavy atom. The summed E-state index contributed by atoms with van der Waals surface area (Å²) in [4.78, 5) is 12.6. The molecule has 1 aliphatic carbocycles. The van der Waals surface area contributed by atoms with Crippen LogP contribution in [-0.4, -0.2) is 45.1 Å². The van der Waals surface area contributed by atoms with Gasteiger partial charge in [-0.05, 0) is 46.9 Å².